The molecule has 1 heterocycles. The van der Waals surface area contributed by atoms with Gasteiger partial charge in [0.1, 0.15) is 6.04 Å². The second kappa shape index (κ2) is 11.1. The molecule has 0 spiro atoms. The van der Waals surface area contributed by atoms with Crippen LogP contribution in [0.5, 0.6) is 0 Å². The number of fused-ring (bicyclic) bond motifs is 1. The van der Waals surface area contributed by atoms with Crippen molar-refractivity contribution in [1.29, 1.82) is 0 Å². The maximum absolute atomic E-state index is 13.2. The Morgan fingerprint density at radius 3 is 2.29 bits per heavy atom. The number of hydrogen-bond acceptors (Lipinski definition) is 6. The molecule has 11 heteroatoms. The Balaban J connectivity index is 1.62. The lowest BCUT2D eigenvalue weighted by Gasteiger charge is -2.18. The monoisotopic (exact) mass is 554 g/mol. The molecule has 0 aliphatic rings. The van der Waals surface area contributed by atoms with Gasteiger partial charge in [0.25, 0.3) is 11.5 Å². The number of nitrogens with one attached hydrogen (secondary N) is 2. The van der Waals surface area contributed by atoms with Crippen LogP contribution in [0.2, 0.25) is 10.0 Å². The van der Waals surface area contributed by atoms with Crippen molar-refractivity contribution >= 4 is 51.7 Å². The fourth-order valence-corrected chi connectivity index (χ4v) is 4.58. The van der Waals surface area contributed by atoms with Crippen LogP contribution in [0.25, 0.3) is 16.6 Å². The summed E-state index contributed by atoms with van der Waals surface area (Å²) in [6.07, 6.45) is 0.0793. The van der Waals surface area contributed by atoms with E-state index in [4.69, 9.17) is 27.9 Å². The average molecular weight is 555 g/mol. The summed E-state index contributed by atoms with van der Waals surface area (Å²) in [5, 5.41) is 3.27. The van der Waals surface area contributed by atoms with E-state index in [1.54, 1.807) is 42.5 Å². The molecule has 196 valence electrons. The van der Waals surface area contributed by atoms with Gasteiger partial charge < -0.3 is 19.9 Å². The van der Waals surface area contributed by atoms with E-state index in [1.165, 1.54) is 19.2 Å². The van der Waals surface area contributed by atoms with Gasteiger partial charge in [0.15, 0.2) is 0 Å². The number of methoxy groups -OCH3 is 1. The van der Waals surface area contributed by atoms with Crippen molar-refractivity contribution < 1.29 is 14.3 Å². The van der Waals surface area contributed by atoms with Crippen molar-refractivity contribution in [1.82, 2.24) is 14.9 Å². The molecule has 0 aliphatic carbocycles. The van der Waals surface area contributed by atoms with Crippen LogP contribution in [0.15, 0.2) is 70.3 Å². The first kappa shape index (κ1) is 27.0. The van der Waals surface area contributed by atoms with Crippen LogP contribution in [0, 0.1) is 0 Å². The first-order valence-corrected chi connectivity index (χ1v) is 12.2. The maximum Gasteiger partial charge on any atom is 0.333 e. The smallest absolute Gasteiger partial charge is 0.333 e. The zero-order chi connectivity index (χ0) is 27.6. The SMILES string of the molecule is COC(=O)[C@H](Cc1ccc(-n2c(=O)[nH]c3ccc(N(C)C)cc3c2=O)cc1)NC(=O)c1c(Cl)cccc1Cl. The first-order valence-electron chi connectivity index (χ1n) is 11.5. The Kier molecular flexibility index (Phi) is 7.89. The number of carbonyl (C=O) groups excluding carboxylic acids is 2. The minimum absolute atomic E-state index is 0.0485. The molecular formula is C27H24Cl2N4O5. The van der Waals surface area contributed by atoms with Crippen molar-refractivity contribution in [2.24, 2.45) is 0 Å². The number of anilines is 1. The number of halogens is 2. The third-order valence-corrected chi connectivity index (χ3v) is 6.64. The number of H-pyrrole nitrogens is 1. The van der Waals surface area contributed by atoms with Crippen molar-refractivity contribution in [2.45, 2.75) is 12.5 Å². The van der Waals surface area contributed by atoms with Crippen LogP contribution in [-0.2, 0) is 16.0 Å². The maximum atomic E-state index is 13.2. The molecule has 9 nitrogen and oxygen atoms in total. The van der Waals surface area contributed by atoms with E-state index in [2.05, 4.69) is 10.3 Å². The van der Waals surface area contributed by atoms with Crippen LogP contribution in [-0.4, -0.2) is 48.7 Å². The van der Waals surface area contributed by atoms with Crippen molar-refractivity contribution in [3.8, 4) is 5.69 Å². The highest BCUT2D eigenvalue weighted by Gasteiger charge is 2.25. The second-order valence-electron chi connectivity index (χ2n) is 8.71. The van der Waals surface area contributed by atoms with Crippen LogP contribution in [0.1, 0.15) is 15.9 Å². The number of hydrogen-bond donors (Lipinski definition) is 2. The van der Waals surface area contributed by atoms with Crippen LogP contribution >= 0.6 is 23.2 Å². The number of benzene rings is 3. The lowest BCUT2D eigenvalue weighted by molar-refractivity contribution is -0.142. The molecule has 0 bridgehead atoms. The van der Waals surface area contributed by atoms with Gasteiger partial charge in [-0.25, -0.2) is 14.2 Å². The molecule has 4 aromatic rings. The van der Waals surface area contributed by atoms with Gasteiger partial charge in [0.05, 0.1) is 39.3 Å². The molecule has 0 fully saturated rings. The van der Waals surface area contributed by atoms with Gasteiger partial charge in [-0.05, 0) is 48.0 Å². The predicted molar refractivity (Wildman–Crippen MR) is 148 cm³/mol. The summed E-state index contributed by atoms with van der Waals surface area (Å²) in [6.45, 7) is 0. The molecule has 1 aromatic heterocycles. The number of aromatic amines is 1. The number of aromatic nitrogens is 2. The summed E-state index contributed by atoms with van der Waals surface area (Å²) < 4.78 is 5.91. The molecule has 2 N–H and O–H groups in total. The third-order valence-electron chi connectivity index (χ3n) is 6.01. The van der Waals surface area contributed by atoms with Crippen molar-refractivity contribution in [3.63, 3.8) is 0 Å². The zero-order valence-corrected chi connectivity index (χ0v) is 22.3. The van der Waals surface area contributed by atoms with Crippen molar-refractivity contribution in [2.75, 3.05) is 26.1 Å². The molecule has 0 radical (unpaired) electrons. The van der Waals surface area contributed by atoms with E-state index >= 15 is 0 Å². The Morgan fingerprint density at radius 2 is 1.68 bits per heavy atom. The van der Waals surface area contributed by atoms with E-state index in [0.717, 1.165) is 10.3 Å². The summed E-state index contributed by atoms with van der Waals surface area (Å²) in [6, 6.07) is 15.3. The molecule has 0 unspecified atom stereocenters. The van der Waals surface area contributed by atoms with Gasteiger partial charge in [0.2, 0.25) is 0 Å². The molecule has 4 rings (SSSR count). The van der Waals surface area contributed by atoms with Gasteiger partial charge in [-0.2, -0.15) is 0 Å². The van der Waals surface area contributed by atoms with Crippen LogP contribution in [0.3, 0.4) is 0 Å². The predicted octanol–water partition coefficient (Wildman–Crippen LogP) is 3.57. The largest absolute Gasteiger partial charge is 0.467 e. The number of rotatable bonds is 7. The molecule has 38 heavy (non-hydrogen) atoms. The topological polar surface area (TPSA) is 114 Å². The van der Waals surface area contributed by atoms with E-state index in [-0.39, 0.29) is 22.0 Å². The fourth-order valence-electron chi connectivity index (χ4n) is 4.01. The molecule has 0 aliphatic heterocycles. The number of ether oxygens (including phenoxy) is 1. The third kappa shape index (κ3) is 5.44. The van der Waals surface area contributed by atoms with Gasteiger partial charge in [-0.1, -0.05) is 41.4 Å². The summed E-state index contributed by atoms with van der Waals surface area (Å²) in [4.78, 5) is 55.8. The van der Waals surface area contributed by atoms with Gasteiger partial charge >= 0.3 is 11.7 Å². The normalized spacial score (nSPS) is 11.7. The van der Waals surface area contributed by atoms with Crippen LogP contribution in [0.4, 0.5) is 5.69 Å². The van der Waals surface area contributed by atoms with E-state index < -0.39 is 29.2 Å². The summed E-state index contributed by atoms with van der Waals surface area (Å²) in [7, 11) is 4.93. The zero-order valence-electron chi connectivity index (χ0n) is 20.7. The molecule has 0 saturated carbocycles. The first-order chi connectivity index (χ1) is 18.1. The Hall–Kier alpha value is -4.08. The minimum atomic E-state index is -1.04. The lowest BCUT2D eigenvalue weighted by atomic mass is 10.0. The Labute approximate surface area is 227 Å². The van der Waals surface area contributed by atoms with E-state index in [1.807, 2.05) is 25.1 Å². The highest BCUT2D eigenvalue weighted by atomic mass is 35.5. The number of esters is 1. The molecular weight excluding hydrogens is 531 g/mol. The highest BCUT2D eigenvalue weighted by molar-refractivity contribution is 6.39. The average Bonchev–Trinajstić information content (AvgIpc) is 2.88. The van der Waals surface area contributed by atoms with Gasteiger partial charge in [0, 0.05) is 26.2 Å². The highest BCUT2D eigenvalue weighted by Crippen LogP contribution is 2.24. The molecule has 0 saturated heterocycles. The van der Waals surface area contributed by atoms with E-state index in [9.17, 15) is 19.2 Å². The quantitative estimate of drug-likeness (QED) is 0.337. The Morgan fingerprint density at radius 1 is 1.03 bits per heavy atom. The molecule has 3 aromatic carbocycles. The molecule has 1 amide bonds. The number of amides is 1. The lowest BCUT2D eigenvalue weighted by Crippen LogP contribution is -2.43. The standard InChI is InChI=1S/C27H24Cl2N4O5/c1-32(2)17-11-12-21-18(14-17)25(35)33(27(37)31-21)16-9-7-15(8-10-16)13-22(26(36)38-3)30-24(34)23-19(28)5-4-6-20(23)29/h4-12,14,22H,13H2,1-3H3,(H,30,34)(H,31,37)/t22-/m0/s1. The summed E-state index contributed by atoms with van der Waals surface area (Å²) in [5.41, 5.74) is 1.26. The summed E-state index contributed by atoms with van der Waals surface area (Å²) >= 11 is 12.2. The Bertz CT molecular complexity index is 1620. The summed E-state index contributed by atoms with van der Waals surface area (Å²) in [5.74, 6) is -1.29. The van der Waals surface area contributed by atoms with Crippen LogP contribution < -0.4 is 21.5 Å². The molecule has 1 atom stereocenters. The van der Waals surface area contributed by atoms with Gasteiger partial charge in [-0.3, -0.25) is 9.59 Å². The number of nitrogens with zero attached hydrogens (tertiary/aromatic N) is 2. The fraction of sp³-hybridized carbons (Fsp3) is 0.185. The second-order valence-corrected chi connectivity index (χ2v) is 9.53. The van der Waals surface area contributed by atoms with Gasteiger partial charge in [-0.15, -0.1) is 0 Å². The van der Waals surface area contributed by atoms with Crippen molar-refractivity contribution in [3.05, 3.63) is 103 Å². The van der Waals surface area contributed by atoms with E-state index in [0.29, 0.717) is 22.2 Å². The number of carbonyl (C=O) groups is 2. The minimum Gasteiger partial charge on any atom is -0.467 e.